The molecule has 0 rings (SSSR count). The molecule has 2 N–H and O–H groups in total. The van der Waals surface area contributed by atoms with E-state index < -0.39 is 0 Å². The van der Waals surface area contributed by atoms with Gasteiger partial charge >= 0.3 is 118 Å². The Morgan fingerprint density at radius 3 is 1.22 bits per heavy atom. The minimum Gasteiger partial charge on any atom is 0 e. The Kier molecular flexibility index (Phi) is 304. The van der Waals surface area contributed by atoms with E-state index in [0.29, 0.717) is 5.57 Å². The van der Waals surface area contributed by atoms with E-state index in [-0.39, 0.29) is 122 Å². The van der Waals surface area contributed by atoms with Crippen molar-refractivity contribution in [3.05, 3.63) is 48.6 Å². The van der Waals surface area contributed by atoms with Crippen LogP contribution in [0.15, 0.2) is 35.5 Å². The zero-order valence-electron chi connectivity index (χ0n) is 21.3. The van der Waals surface area contributed by atoms with Crippen molar-refractivity contribution in [2.24, 2.45) is 0 Å². The zero-order chi connectivity index (χ0) is 24.8. The van der Waals surface area contributed by atoms with E-state index >= 15 is 0 Å². The molecule has 0 fully saturated rings. The average Bonchev–Trinajstić information content (AvgIpc) is 2.84. The first-order chi connectivity index (χ1) is 13.7. The van der Waals surface area contributed by atoms with Gasteiger partial charge in [0.2, 0.25) is 0 Å². The van der Waals surface area contributed by atoms with Gasteiger partial charge in [0, 0.05) is 131 Å². The van der Waals surface area contributed by atoms with Crippen molar-refractivity contribution in [1.82, 2.24) is 0 Å². The van der Waals surface area contributed by atoms with Crippen LogP contribution in [0.1, 0.15) is 55.4 Å². The van der Waals surface area contributed by atoms with Gasteiger partial charge in [0.25, 0.3) is 0 Å². The standard InChI is InChI=1S/2C6H4O.4C2H6.2CH4O.V.2W.3Y/c2*1-3-4-6(2)5-7;6*1-2;;;;;;/h2*1-4H;4*1-2H3;2*2H,1H3;;;;;;/q2*-2;;;;;;;;;;;;. The minimum atomic E-state index is 0. The summed E-state index contributed by atoms with van der Waals surface area (Å²) in [6, 6.07) is 0. The molecule has 0 aromatic heterocycles. The summed E-state index contributed by atoms with van der Waals surface area (Å²) in [6.07, 6.45) is 9.33. The molecule has 0 aliphatic carbocycles. The van der Waals surface area contributed by atoms with Crippen LogP contribution in [0.5, 0.6) is 0 Å². The summed E-state index contributed by atoms with van der Waals surface area (Å²) in [4.78, 5) is 19.5. The van der Waals surface area contributed by atoms with Gasteiger partial charge in [-0.25, -0.2) is 0 Å². The van der Waals surface area contributed by atoms with Gasteiger partial charge in [0.15, 0.2) is 0 Å². The molecule has 0 saturated heterocycles. The fourth-order valence-electron chi connectivity index (χ4n) is 0.378. The summed E-state index contributed by atoms with van der Waals surface area (Å²) >= 11 is 2.55. The average molecular weight is 1050 g/mol. The number of aliphatic hydroxyl groups excluding tert-OH is 2. The van der Waals surface area contributed by atoms with Crippen LogP contribution < -0.4 is 0 Å². The summed E-state index contributed by atoms with van der Waals surface area (Å²) in [5.41, 5.74) is 0.657. The maximum absolute atomic E-state index is 9.84. The summed E-state index contributed by atoms with van der Waals surface area (Å²) in [5.74, 6) is 0. The van der Waals surface area contributed by atoms with Gasteiger partial charge in [-0.1, -0.05) is 55.4 Å². The molecule has 0 unspecified atom stereocenters. The van der Waals surface area contributed by atoms with Gasteiger partial charge < -0.3 is 10.2 Å². The monoisotopic (exact) mass is 1050 g/mol. The molecule has 0 aromatic carbocycles. The second-order valence-corrected chi connectivity index (χ2v) is 3.91. The molecule has 0 bridgehead atoms. The molecule has 4 nitrogen and oxygen atoms in total. The quantitative estimate of drug-likeness (QED) is 0.240. The van der Waals surface area contributed by atoms with E-state index in [9.17, 15) is 9.59 Å². The number of carbonyl (C=O) groups excluding carboxylic acids is 2. The van der Waals surface area contributed by atoms with E-state index in [0.717, 1.165) is 14.2 Å². The molecule has 0 aliphatic heterocycles. The summed E-state index contributed by atoms with van der Waals surface area (Å²) in [7, 11) is 2.00. The first kappa shape index (κ1) is 76.5. The van der Waals surface area contributed by atoms with Crippen LogP contribution >= 0.6 is 0 Å². The number of rotatable bonds is 6. The Morgan fingerprint density at radius 1 is 0.781 bits per heavy atom. The molecule has 0 saturated carbocycles. The molecule has 0 atom stereocenters. The van der Waals surface area contributed by atoms with E-state index in [2.05, 4.69) is 0 Å². The SMILES string of the molecule is CC.CC.CC.CC.CO.CO.[CH-]=C([C-]=O)C=C[CH]=[W].[CH-]=CC=C([C-]=O)[CH]=[W].[V].[Y].[Y].[Y]. The normalized spacial score (nSPS) is 5.94. The Labute approximate surface area is 309 Å². The zero-order valence-corrected chi connectivity index (χ0v) is 37.1. The van der Waals surface area contributed by atoms with Gasteiger partial charge in [-0.05, 0) is 0 Å². The van der Waals surface area contributed by atoms with Crippen LogP contribution in [0.25, 0.3) is 0 Å². The van der Waals surface area contributed by atoms with E-state index in [1.54, 1.807) is 23.0 Å². The first-order valence-corrected chi connectivity index (χ1v) is 12.1. The van der Waals surface area contributed by atoms with Crippen LogP contribution in [0, 0.1) is 13.2 Å². The van der Waals surface area contributed by atoms with E-state index in [1.165, 1.54) is 56.9 Å². The second-order valence-electron chi connectivity index (χ2n) is 2.09. The Balaban J connectivity index is -0.0000000157. The maximum Gasteiger partial charge on any atom is 0 e. The molecular weight excluding hydrogens is 1010 g/mol. The fourth-order valence-corrected chi connectivity index (χ4v) is 1.12. The van der Waals surface area contributed by atoms with Crippen molar-refractivity contribution in [1.29, 1.82) is 0 Å². The van der Waals surface area contributed by atoms with Crippen molar-refractivity contribution in [3.8, 4) is 0 Å². The topological polar surface area (TPSA) is 74.6 Å². The van der Waals surface area contributed by atoms with Crippen molar-refractivity contribution in [2.45, 2.75) is 55.4 Å². The third-order valence-corrected chi connectivity index (χ3v) is 2.47. The van der Waals surface area contributed by atoms with Crippen molar-refractivity contribution >= 4 is 21.4 Å². The number of hydrogen-bond acceptors (Lipinski definition) is 4. The fraction of sp³-hybridized carbons (Fsp3) is 0.455. The van der Waals surface area contributed by atoms with Crippen molar-refractivity contribution < 1.29 is 175 Å². The predicted octanol–water partition coefficient (Wildman–Crippen LogP) is 4.03. The van der Waals surface area contributed by atoms with Crippen LogP contribution in [0.2, 0.25) is 0 Å². The van der Waals surface area contributed by atoms with Gasteiger partial charge in [-0.15, -0.1) is 0 Å². The second kappa shape index (κ2) is 127. The molecule has 10 heteroatoms. The van der Waals surface area contributed by atoms with Gasteiger partial charge in [0.1, 0.15) is 0 Å². The van der Waals surface area contributed by atoms with Gasteiger partial charge in [0.05, 0.1) is 0 Å². The van der Waals surface area contributed by atoms with E-state index in [1.807, 2.05) is 59.8 Å². The first-order valence-electron chi connectivity index (χ1n) is 8.76. The van der Waals surface area contributed by atoms with Crippen molar-refractivity contribution in [3.63, 3.8) is 0 Å². The van der Waals surface area contributed by atoms with Crippen LogP contribution in [-0.2, 0) is 165 Å². The summed E-state index contributed by atoms with van der Waals surface area (Å²) < 4.78 is 3.58. The van der Waals surface area contributed by atoms with Gasteiger partial charge in [-0.3, -0.25) is 0 Å². The third-order valence-electron chi connectivity index (χ3n) is 0.993. The van der Waals surface area contributed by atoms with E-state index in [4.69, 9.17) is 23.4 Å². The van der Waals surface area contributed by atoms with Crippen LogP contribution in [-0.4, -0.2) is 45.8 Å². The molecule has 0 aromatic rings. The molecule has 0 heterocycles. The molecule has 0 spiro atoms. The molecule has 0 aliphatic rings. The maximum atomic E-state index is 9.84. The number of hydrogen-bond donors (Lipinski definition) is 2. The van der Waals surface area contributed by atoms with Crippen LogP contribution in [0.4, 0.5) is 0 Å². The molecule has 0 amide bonds. The van der Waals surface area contributed by atoms with Crippen LogP contribution in [0.3, 0.4) is 0 Å². The van der Waals surface area contributed by atoms with Crippen molar-refractivity contribution in [2.75, 3.05) is 14.2 Å². The Morgan fingerprint density at radius 2 is 1.09 bits per heavy atom. The Hall–Kier alpha value is 3.23. The minimum absolute atomic E-state index is 0. The largest absolute Gasteiger partial charge is 0 e. The molecule has 32 heavy (non-hydrogen) atoms. The number of allylic oxidation sites excluding steroid dienone is 6. The number of aliphatic hydroxyl groups is 2. The third kappa shape index (κ3) is 131. The predicted molar refractivity (Wildman–Crippen MR) is 119 cm³/mol. The molecular formula is C22H40O4VW2Y3-4. The summed E-state index contributed by atoms with van der Waals surface area (Å²) in [6.45, 7) is 26.0. The smallest absolute Gasteiger partial charge is 0 e. The Bertz CT molecular complexity index is 359. The molecule has 4 radical (unpaired) electrons. The van der Waals surface area contributed by atoms with Gasteiger partial charge in [-0.2, -0.15) is 0 Å². The summed E-state index contributed by atoms with van der Waals surface area (Å²) in [5, 5.41) is 14.0. The molecule has 182 valence electrons.